The van der Waals surface area contributed by atoms with Crippen LogP contribution >= 0.6 is 0 Å². The van der Waals surface area contributed by atoms with Crippen molar-refractivity contribution in [2.24, 2.45) is 0 Å². The van der Waals surface area contributed by atoms with Crippen molar-refractivity contribution < 1.29 is 13.2 Å². The van der Waals surface area contributed by atoms with Crippen molar-refractivity contribution in [1.29, 1.82) is 0 Å². The number of aromatic nitrogens is 3. The molecule has 2 aliphatic heterocycles. The highest BCUT2D eigenvalue weighted by molar-refractivity contribution is 7.93. The number of nitrogens with zero attached hydrogens (tertiary/aromatic N) is 4. The summed E-state index contributed by atoms with van der Waals surface area (Å²) < 4.78 is 29.1. The molecular formula is C21H21N5O3S. The number of aryl methyl sites for hydroxylation is 2. The number of benzene rings is 2. The second-order valence-electron chi connectivity index (χ2n) is 7.78. The van der Waals surface area contributed by atoms with Gasteiger partial charge in [0.2, 0.25) is 5.95 Å². The Kier molecular flexibility index (Phi) is 4.18. The molecule has 1 N–H and O–H groups in total. The lowest BCUT2D eigenvalue weighted by Gasteiger charge is -2.26. The Morgan fingerprint density at radius 2 is 1.97 bits per heavy atom. The van der Waals surface area contributed by atoms with Gasteiger partial charge in [0.15, 0.2) is 0 Å². The molecule has 3 heterocycles. The monoisotopic (exact) mass is 423 g/mol. The van der Waals surface area contributed by atoms with Gasteiger partial charge in [-0.3, -0.25) is 4.79 Å². The van der Waals surface area contributed by atoms with E-state index in [2.05, 4.69) is 46.9 Å². The molecule has 1 aromatic heterocycles. The molecule has 2 aromatic carbocycles. The molecule has 5 rings (SSSR count). The summed E-state index contributed by atoms with van der Waals surface area (Å²) in [7, 11) is -3.83. The molecule has 1 unspecified atom stereocenters. The van der Waals surface area contributed by atoms with Crippen LogP contribution in [0.3, 0.4) is 0 Å². The maximum atomic E-state index is 13.4. The molecule has 0 radical (unpaired) electrons. The van der Waals surface area contributed by atoms with E-state index in [0.29, 0.717) is 17.8 Å². The highest BCUT2D eigenvalue weighted by Gasteiger charge is 2.34. The molecule has 1 atom stereocenters. The Hall–Kier alpha value is -3.20. The van der Waals surface area contributed by atoms with Crippen molar-refractivity contribution in [2.45, 2.75) is 37.6 Å². The van der Waals surface area contributed by atoms with Crippen LogP contribution in [0.15, 0.2) is 47.6 Å². The van der Waals surface area contributed by atoms with Crippen molar-refractivity contribution in [3.05, 3.63) is 65.0 Å². The van der Waals surface area contributed by atoms with Crippen molar-refractivity contribution in [3.8, 4) is 5.69 Å². The number of nitrogens with one attached hydrogen (secondary N) is 1. The van der Waals surface area contributed by atoms with Gasteiger partial charge in [-0.1, -0.05) is 18.2 Å². The van der Waals surface area contributed by atoms with Crippen LogP contribution in [0, 0.1) is 13.8 Å². The predicted octanol–water partition coefficient (Wildman–Crippen LogP) is 2.98. The summed E-state index contributed by atoms with van der Waals surface area (Å²) in [4.78, 5) is 19.1. The van der Waals surface area contributed by atoms with E-state index in [1.807, 2.05) is 4.90 Å². The minimum absolute atomic E-state index is 0.00974. The minimum atomic E-state index is -3.83. The van der Waals surface area contributed by atoms with Crippen LogP contribution in [-0.4, -0.2) is 40.5 Å². The number of sulfonamides is 1. The zero-order valence-electron chi connectivity index (χ0n) is 16.7. The summed E-state index contributed by atoms with van der Waals surface area (Å²) in [6, 6.07) is 11.0. The number of anilines is 1. The SMILES string of the molecule is Cc1ccc(C2CCCN2C(=O)c2ccc3c(c2)S(=O)(=O)Nc2ncnn2-3)cc1C. The van der Waals surface area contributed by atoms with Gasteiger partial charge < -0.3 is 4.90 Å². The lowest BCUT2D eigenvalue weighted by atomic mass is 9.99. The fourth-order valence-electron chi connectivity index (χ4n) is 4.19. The topological polar surface area (TPSA) is 97.2 Å². The van der Waals surface area contributed by atoms with Crippen LogP contribution in [0.5, 0.6) is 0 Å². The largest absolute Gasteiger partial charge is 0.332 e. The second-order valence-corrected chi connectivity index (χ2v) is 9.43. The molecule has 1 fully saturated rings. The summed E-state index contributed by atoms with van der Waals surface area (Å²) in [6.07, 6.45) is 3.09. The maximum absolute atomic E-state index is 13.4. The van der Waals surface area contributed by atoms with Crippen LogP contribution in [-0.2, 0) is 10.0 Å². The van der Waals surface area contributed by atoms with Gasteiger partial charge in [0.05, 0.1) is 11.7 Å². The van der Waals surface area contributed by atoms with E-state index in [0.717, 1.165) is 18.4 Å². The van der Waals surface area contributed by atoms with Crippen LogP contribution in [0.2, 0.25) is 0 Å². The Morgan fingerprint density at radius 1 is 1.13 bits per heavy atom. The smallest absolute Gasteiger partial charge is 0.266 e. The number of carbonyl (C=O) groups excluding carboxylic acids is 1. The molecule has 0 aliphatic carbocycles. The van der Waals surface area contributed by atoms with E-state index in [-0.39, 0.29) is 22.8 Å². The summed E-state index contributed by atoms with van der Waals surface area (Å²) in [6.45, 7) is 4.78. The highest BCUT2D eigenvalue weighted by atomic mass is 32.2. The first-order valence-corrected chi connectivity index (χ1v) is 11.3. The van der Waals surface area contributed by atoms with E-state index < -0.39 is 10.0 Å². The number of hydrogen-bond acceptors (Lipinski definition) is 5. The maximum Gasteiger partial charge on any atom is 0.266 e. The normalized spacial score (nSPS) is 19.1. The predicted molar refractivity (Wildman–Crippen MR) is 111 cm³/mol. The van der Waals surface area contributed by atoms with E-state index in [1.165, 1.54) is 28.2 Å². The quantitative estimate of drug-likeness (QED) is 0.683. The average molecular weight is 423 g/mol. The number of likely N-dealkylation sites (tertiary alicyclic amines) is 1. The van der Waals surface area contributed by atoms with E-state index >= 15 is 0 Å². The lowest BCUT2D eigenvalue weighted by molar-refractivity contribution is 0.0735. The second kappa shape index (κ2) is 6.66. The third-order valence-electron chi connectivity index (χ3n) is 5.93. The third kappa shape index (κ3) is 2.88. The fraction of sp³-hybridized carbons (Fsp3) is 0.286. The average Bonchev–Trinajstić information content (AvgIpc) is 3.38. The molecule has 9 heteroatoms. The van der Waals surface area contributed by atoms with E-state index in [1.54, 1.807) is 12.1 Å². The van der Waals surface area contributed by atoms with Gasteiger partial charge in [0, 0.05) is 12.1 Å². The molecule has 30 heavy (non-hydrogen) atoms. The number of carbonyl (C=O) groups is 1. The van der Waals surface area contributed by atoms with E-state index in [4.69, 9.17) is 0 Å². The van der Waals surface area contributed by atoms with Gasteiger partial charge in [-0.2, -0.15) is 14.8 Å². The van der Waals surface area contributed by atoms with Gasteiger partial charge in [-0.25, -0.2) is 13.1 Å². The summed E-state index contributed by atoms with van der Waals surface area (Å²) in [5.41, 5.74) is 4.25. The third-order valence-corrected chi connectivity index (χ3v) is 7.28. The highest BCUT2D eigenvalue weighted by Crippen LogP contribution is 2.35. The molecule has 154 valence electrons. The Morgan fingerprint density at radius 3 is 2.77 bits per heavy atom. The Bertz CT molecular complexity index is 1280. The molecule has 0 saturated carbocycles. The summed E-state index contributed by atoms with van der Waals surface area (Å²) in [5, 5.41) is 4.07. The van der Waals surface area contributed by atoms with Gasteiger partial charge in [0.1, 0.15) is 11.2 Å². The molecule has 0 bridgehead atoms. The van der Waals surface area contributed by atoms with Crippen molar-refractivity contribution in [3.63, 3.8) is 0 Å². The van der Waals surface area contributed by atoms with Crippen LogP contribution in [0.1, 0.15) is 45.9 Å². The molecule has 3 aromatic rings. The first kappa shape index (κ1) is 18.8. The van der Waals surface area contributed by atoms with Gasteiger partial charge in [0.25, 0.3) is 15.9 Å². The Balaban J connectivity index is 1.52. The first-order chi connectivity index (χ1) is 14.3. The number of hydrogen-bond donors (Lipinski definition) is 1. The van der Waals surface area contributed by atoms with Gasteiger partial charge >= 0.3 is 0 Å². The van der Waals surface area contributed by atoms with Crippen molar-refractivity contribution in [2.75, 3.05) is 11.3 Å². The van der Waals surface area contributed by atoms with E-state index in [9.17, 15) is 13.2 Å². The minimum Gasteiger partial charge on any atom is -0.332 e. The molecular weight excluding hydrogens is 402 g/mol. The zero-order chi connectivity index (χ0) is 21.0. The van der Waals surface area contributed by atoms with Crippen molar-refractivity contribution >= 4 is 21.9 Å². The molecule has 0 spiro atoms. The Labute approximate surface area is 174 Å². The van der Waals surface area contributed by atoms with Gasteiger partial charge in [-0.05, 0) is 61.6 Å². The first-order valence-electron chi connectivity index (χ1n) is 9.80. The summed E-state index contributed by atoms with van der Waals surface area (Å²) in [5.74, 6) is -0.0333. The molecule has 8 nitrogen and oxygen atoms in total. The number of rotatable bonds is 2. The fourth-order valence-corrected chi connectivity index (χ4v) is 5.40. The van der Waals surface area contributed by atoms with Crippen LogP contribution < -0.4 is 4.72 Å². The molecule has 2 aliphatic rings. The number of fused-ring (bicyclic) bond motifs is 3. The summed E-state index contributed by atoms with van der Waals surface area (Å²) >= 11 is 0. The van der Waals surface area contributed by atoms with Gasteiger partial charge in [-0.15, -0.1) is 0 Å². The van der Waals surface area contributed by atoms with Crippen LogP contribution in [0.25, 0.3) is 5.69 Å². The zero-order valence-corrected chi connectivity index (χ0v) is 17.5. The molecule has 1 saturated heterocycles. The molecule has 1 amide bonds. The number of amides is 1. The lowest BCUT2D eigenvalue weighted by Crippen LogP contribution is -2.31. The van der Waals surface area contributed by atoms with Crippen LogP contribution in [0.4, 0.5) is 5.95 Å². The van der Waals surface area contributed by atoms with Crippen molar-refractivity contribution in [1.82, 2.24) is 19.7 Å². The standard InChI is InChI=1S/C21H21N5O3S/c1-13-5-6-15(10-14(13)2)17-4-3-9-25(17)20(27)16-7-8-18-19(11-16)30(28,29)24-21-22-12-23-26(18)21/h5-8,10-12,17H,3-4,9H2,1-2H3,(H,22,23,24).